The van der Waals surface area contributed by atoms with E-state index in [9.17, 15) is 4.79 Å². The van der Waals surface area contributed by atoms with Crippen molar-refractivity contribution in [2.24, 2.45) is 0 Å². The molecule has 1 aromatic heterocycles. The lowest BCUT2D eigenvalue weighted by atomic mass is 10.1. The molecule has 23 heavy (non-hydrogen) atoms. The van der Waals surface area contributed by atoms with Crippen molar-refractivity contribution < 1.29 is 4.79 Å². The summed E-state index contributed by atoms with van der Waals surface area (Å²) in [4.78, 5) is 25.0. The quantitative estimate of drug-likeness (QED) is 0.939. The average molecular weight is 313 g/mol. The van der Waals surface area contributed by atoms with Gasteiger partial charge >= 0.3 is 0 Å². The van der Waals surface area contributed by atoms with Gasteiger partial charge < -0.3 is 15.1 Å². The summed E-state index contributed by atoms with van der Waals surface area (Å²) in [5.41, 5.74) is 3.31. The summed E-state index contributed by atoms with van der Waals surface area (Å²) >= 11 is 0. The first-order valence-corrected chi connectivity index (χ1v) is 7.40. The third-order valence-electron chi connectivity index (χ3n) is 3.45. The number of carbonyl (C=O) groups is 1. The number of hydrogen-bond donors (Lipinski definition) is 1. The van der Waals surface area contributed by atoms with Gasteiger partial charge in [-0.05, 0) is 25.5 Å². The Labute approximate surface area is 137 Å². The summed E-state index contributed by atoms with van der Waals surface area (Å²) in [6.07, 6.45) is 1.64. The van der Waals surface area contributed by atoms with E-state index in [-0.39, 0.29) is 5.91 Å². The average Bonchev–Trinajstić information content (AvgIpc) is 2.46. The predicted molar refractivity (Wildman–Crippen MR) is 94.6 cm³/mol. The zero-order valence-electron chi connectivity index (χ0n) is 14.5. The Bertz CT molecular complexity index is 725. The van der Waals surface area contributed by atoms with Gasteiger partial charge in [0.2, 0.25) is 5.95 Å². The van der Waals surface area contributed by atoms with Crippen LogP contribution >= 0.6 is 0 Å². The Balaban J connectivity index is 2.33. The van der Waals surface area contributed by atoms with Crippen LogP contribution in [-0.4, -0.2) is 44.1 Å². The molecule has 0 radical (unpaired) electrons. The van der Waals surface area contributed by atoms with Crippen molar-refractivity contribution >= 4 is 23.4 Å². The second-order valence-corrected chi connectivity index (χ2v) is 5.97. The normalized spacial score (nSPS) is 10.3. The van der Waals surface area contributed by atoms with Crippen LogP contribution in [0.4, 0.5) is 17.5 Å². The van der Waals surface area contributed by atoms with Crippen molar-refractivity contribution in [1.82, 2.24) is 9.97 Å². The van der Waals surface area contributed by atoms with Crippen LogP contribution in [0.1, 0.15) is 21.5 Å². The van der Waals surface area contributed by atoms with Gasteiger partial charge in [-0.1, -0.05) is 17.7 Å². The molecule has 0 saturated heterocycles. The van der Waals surface area contributed by atoms with Gasteiger partial charge in [-0.25, -0.2) is 4.98 Å². The van der Waals surface area contributed by atoms with E-state index in [1.54, 1.807) is 6.20 Å². The highest BCUT2D eigenvalue weighted by molar-refractivity contribution is 6.06. The largest absolute Gasteiger partial charge is 0.361 e. The van der Waals surface area contributed by atoms with Gasteiger partial charge in [-0.2, -0.15) is 4.98 Å². The molecular weight excluding hydrogens is 290 g/mol. The molecule has 0 aliphatic heterocycles. The fourth-order valence-electron chi connectivity index (χ4n) is 2.27. The molecule has 0 atom stereocenters. The first-order valence-electron chi connectivity index (χ1n) is 7.40. The maximum atomic E-state index is 12.5. The number of nitrogens with one attached hydrogen (secondary N) is 1. The van der Waals surface area contributed by atoms with E-state index in [2.05, 4.69) is 15.3 Å². The number of rotatable bonds is 4. The van der Waals surface area contributed by atoms with Crippen LogP contribution in [-0.2, 0) is 0 Å². The minimum absolute atomic E-state index is 0.160. The van der Waals surface area contributed by atoms with Crippen LogP contribution < -0.4 is 15.1 Å². The highest BCUT2D eigenvalue weighted by Gasteiger charge is 2.15. The Morgan fingerprint density at radius 3 is 2.35 bits per heavy atom. The molecule has 2 aromatic rings. The van der Waals surface area contributed by atoms with Gasteiger partial charge in [0.15, 0.2) is 5.82 Å². The topological polar surface area (TPSA) is 61.4 Å². The van der Waals surface area contributed by atoms with E-state index in [1.165, 1.54) is 0 Å². The summed E-state index contributed by atoms with van der Waals surface area (Å²) in [6, 6.07) is 5.76. The molecule has 6 heteroatoms. The van der Waals surface area contributed by atoms with Gasteiger partial charge in [-0.3, -0.25) is 4.79 Å². The summed E-state index contributed by atoms with van der Waals surface area (Å²) in [5.74, 6) is 1.10. The molecule has 0 aliphatic carbocycles. The minimum atomic E-state index is -0.160. The first-order chi connectivity index (χ1) is 10.8. The Hall–Kier alpha value is -2.63. The van der Waals surface area contributed by atoms with E-state index >= 15 is 0 Å². The maximum absolute atomic E-state index is 12.5. The number of hydrogen-bond acceptors (Lipinski definition) is 5. The monoisotopic (exact) mass is 313 g/mol. The number of benzene rings is 1. The second kappa shape index (κ2) is 6.64. The van der Waals surface area contributed by atoms with Crippen LogP contribution in [0.25, 0.3) is 0 Å². The number of aryl methyl sites for hydroxylation is 2. The van der Waals surface area contributed by atoms with Crippen molar-refractivity contribution in [3.8, 4) is 0 Å². The number of carbonyl (C=O) groups excluding carboxylic acids is 1. The molecule has 1 amide bonds. The highest BCUT2D eigenvalue weighted by atomic mass is 16.1. The van der Waals surface area contributed by atoms with Gasteiger partial charge in [0.05, 0.1) is 6.20 Å². The van der Waals surface area contributed by atoms with Crippen LogP contribution in [0.5, 0.6) is 0 Å². The number of anilines is 3. The fourth-order valence-corrected chi connectivity index (χ4v) is 2.27. The third kappa shape index (κ3) is 3.77. The SMILES string of the molecule is Cc1ccc(C(=O)Nc2cnc(N(C)C)nc2N(C)C)c(C)c1. The van der Waals surface area contributed by atoms with Gasteiger partial charge in [0.1, 0.15) is 5.69 Å². The summed E-state index contributed by atoms with van der Waals surface area (Å²) < 4.78 is 0. The molecule has 122 valence electrons. The van der Waals surface area contributed by atoms with E-state index in [4.69, 9.17) is 0 Å². The number of nitrogens with zero attached hydrogens (tertiary/aromatic N) is 4. The van der Waals surface area contributed by atoms with Crippen LogP contribution in [0.15, 0.2) is 24.4 Å². The Morgan fingerprint density at radius 2 is 1.78 bits per heavy atom. The van der Waals surface area contributed by atoms with E-state index in [1.807, 2.05) is 70.0 Å². The molecular formula is C17H23N5O. The molecule has 2 rings (SSSR count). The summed E-state index contributed by atoms with van der Waals surface area (Å²) in [7, 11) is 7.52. The van der Waals surface area contributed by atoms with Crippen LogP contribution in [0, 0.1) is 13.8 Å². The van der Waals surface area contributed by atoms with Crippen molar-refractivity contribution in [3.63, 3.8) is 0 Å². The van der Waals surface area contributed by atoms with Gasteiger partial charge in [-0.15, -0.1) is 0 Å². The molecule has 0 spiro atoms. The number of aromatic nitrogens is 2. The van der Waals surface area contributed by atoms with Crippen molar-refractivity contribution in [3.05, 3.63) is 41.1 Å². The molecule has 6 nitrogen and oxygen atoms in total. The van der Waals surface area contributed by atoms with E-state index < -0.39 is 0 Å². The van der Waals surface area contributed by atoms with Gasteiger partial charge in [0.25, 0.3) is 5.91 Å². The lowest BCUT2D eigenvalue weighted by Gasteiger charge is -2.19. The molecule has 1 aromatic carbocycles. The van der Waals surface area contributed by atoms with Crippen LogP contribution in [0.3, 0.4) is 0 Å². The zero-order chi connectivity index (χ0) is 17.1. The Kier molecular flexibility index (Phi) is 4.83. The minimum Gasteiger partial charge on any atom is -0.361 e. The number of amides is 1. The third-order valence-corrected chi connectivity index (χ3v) is 3.45. The zero-order valence-corrected chi connectivity index (χ0v) is 14.5. The molecule has 1 heterocycles. The predicted octanol–water partition coefficient (Wildman–Crippen LogP) is 2.48. The van der Waals surface area contributed by atoms with Crippen molar-refractivity contribution in [2.45, 2.75) is 13.8 Å². The Morgan fingerprint density at radius 1 is 1.09 bits per heavy atom. The molecule has 0 unspecified atom stereocenters. The second-order valence-electron chi connectivity index (χ2n) is 5.97. The highest BCUT2D eigenvalue weighted by Crippen LogP contribution is 2.24. The molecule has 0 fully saturated rings. The molecule has 1 N–H and O–H groups in total. The standard InChI is InChI=1S/C17H23N5O/c1-11-7-8-13(12(2)9-11)16(23)19-14-10-18-17(22(5)6)20-15(14)21(3)4/h7-10H,1-6H3,(H,19,23). The lowest BCUT2D eigenvalue weighted by molar-refractivity contribution is 0.102. The lowest BCUT2D eigenvalue weighted by Crippen LogP contribution is -2.21. The smallest absolute Gasteiger partial charge is 0.256 e. The molecule has 0 saturated carbocycles. The van der Waals surface area contributed by atoms with Crippen molar-refractivity contribution in [1.29, 1.82) is 0 Å². The van der Waals surface area contributed by atoms with Gasteiger partial charge in [0, 0.05) is 33.8 Å². The van der Waals surface area contributed by atoms with Crippen molar-refractivity contribution in [2.75, 3.05) is 43.3 Å². The fraction of sp³-hybridized carbons (Fsp3) is 0.353. The van der Waals surface area contributed by atoms with E-state index in [0.29, 0.717) is 23.0 Å². The van der Waals surface area contributed by atoms with E-state index in [0.717, 1.165) is 11.1 Å². The van der Waals surface area contributed by atoms with Crippen LogP contribution in [0.2, 0.25) is 0 Å². The molecule has 0 aliphatic rings. The first kappa shape index (κ1) is 16.7. The summed E-state index contributed by atoms with van der Waals surface area (Å²) in [6.45, 7) is 3.94. The molecule has 0 bridgehead atoms. The maximum Gasteiger partial charge on any atom is 0.256 e. The summed E-state index contributed by atoms with van der Waals surface area (Å²) in [5, 5.41) is 2.91.